The van der Waals surface area contributed by atoms with Gasteiger partial charge in [-0.25, -0.2) is 9.78 Å². The van der Waals surface area contributed by atoms with Crippen molar-refractivity contribution in [1.82, 2.24) is 9.55 Å². The number of nitrogens with zero attached hydrogens (tertiary/aromatic N) is 3. The van der Waals surface area contributed by atoms with Crippen LogP contribution in [0.25, 0.3) is 17.1 Å². The molecule has 3 aromatic rings. The highest BCUT2D eigenvalue weighted by molar-refractivity contribution is 6.00. The Kier molecular flexibility index (Phi) is 7.78. The fourth-order valence-corrected chi connectivity index (χ4v) is 4.17. The first-order valence-corrected chi connectivity index (χ1v) is 11.5. The number of hydrogen-bond donors (Lipinski definition) is 0. The van der Waals surface area contributed by atoms with Crippen LogP contribution in [0, 0.1) is 17.2 Å². The van der Waals surface area contributed by atoms with Gasteiger partial charge in [-0.2, -0.15) is 31.6 Å². The normalized spacial score (nSPS) is 15.4. The third kappa shape index (κ3) is 6.34. The van der Waals surface area contributed by atoms with Crippen molar-refractivity contribution < 1.29 is 40.6 Å². The minimum atomic E-state index is -4.98. The summed E-state index contributed by atoms with van der Waals surface area (Å²) < 4.78 is 91.7. The molecule has 1 aliphatic rings. The molecule has 0 radical (unpaired) electrons. The Morgan fingerprint density at radius 3 is 2.39 bits per heavy atom. The maximum absolute atomic E-state index is 13.3. The van der Waals surface area contributed by atoms with Gasteiger partial charge in [0.2, 0.25) is 0 Å². The average Bonchev–Trinajstić information content (AvgIpc) is 3.22. The lowest BCUT2D eigenvalue weighted by Gasteiger charge is -2.21. The van der Waals surface area contributed by atoms with Crippen LogP contribution < -0.4 is 0 Å². The zero-order chi connectivity index (χ0) is 27.5. The first-order chi connectivity index (χ1) is 18.0. The predicted molar refractivity (Wildman–Crippen MR) is 123 cm³/mol. The maximum Gasteiger partial charge on any atom is 0.416 e. The Labute approximate surface area is 213 Å². The molecule has 0 bridgehead atoms. The first-order valence-electron chi connectivity index (χ1n) is 11.5. The summed E-state index contributed by atoms with van der Waals surface area (Å²) in [5.74, 6) is -0.718. The third-order valence-electron chi connectivity index (χ3n) is 6.10. The number of nitriles is 1. The van der Waals surface area contributed by atoms with E-state index >= 15 is 0 Å². The van der Waals surface area contributed by atoms with Gasteiger partial charge in [0.15, 0.2) is 0 Å². The second kappa shape index (κ2) is 10.9. The zero-order valence-electron chi connectivity index (χ0n) is 19.8. The number of benzene rings is 1. The van der Waals surface area contributed by atoms with E-state index in [1.165, 1.54) is 23.0 Å². The van der Waals surface area contributed by atoms with E-state index in [9.17, 15) is 36.4 Å². The van der Waals surface area contributed by atoms with E-state index in [0.717, 1.165) is 12.8 Å². The molecule has 0 spiro atoms. The van der Waals surface area contributed by atoms with Gasteiger partial charge in [-0.3, -0.25) is 0 Å². The van der Waals surface area contributed by atoms with Crippen LogP contribution in [0.2, 0.25) is 0 Å². The van der Waals surface area contributed by atoms with Gasteiger partial charge in [0.1, 0.15) is 17.3 Å². The maximum atomic E-state index is 13.3. The summed E-state index contributed by atoms with van der Waals surface area (Å²) in [6.07, 6.45) is -4.42. The number of alkyl halides is 6. The third-order valence-corrected chi connectivity index (χ3v) is 6.10. The monoisotopic (exact) mass is 537 g/mol. The largest absolute Gasteiger partial charge is 0.461 e. The number of rotatable bonds is 6. The van der Waals surface area contributed by atoms with Crippen molar-refractivity contribution in [1.29, 1.82) is 5.26 Å². The van der Waals surface area contributed by atoms with Gasteiger partial charge in [0, 0.05) is 43.1 Å². The molecule has 1 saturated heterocycles. The van der Waals surface area contributed by atoms with Crippen LogP contribution in [-0.4, -0.2) is 35.3 Å². The molecular formula is C26H21F6N3O3. The van der Waals surface area contributed by atoms with Crippen molar-refractivity contribution in [3.63, 3.8) is 0 Å². The minimum Gasteiger partial charge on any atom is -0.461 e. The summed E-state index contributed by atoms with van der Waals surface area (Å²) in [4.78, 5) is 16.7. The van der Waals surface area contributed by atoms with Gasteiger partial charge in [0.05, 0.1) is 17.7 Å². The van der Waals surface area contributed by atoms with Gasteiger partial charge in [0.25, 0.3) is 0 Å². The van der Waals surface area contributed by atoms with Gasteiger partial charge in [-0.1, -0.05) is 0 Å². The Morgan fingerprint density at radius 1 is 1.13 bits per heavy atom. The summed E-state index contributed by atoms with van der Waals surface area (Å²) in [6, 6.07) is 6.34. The predicted octanol–water partition coefficient (Wildman–Crippen LogP) is 6.00. The van der Waals surface area contributed by atoms with Crippen LogP contribution >= 0.6 is 0 Å². The minimum absolute atomic E-state index is 0.0643. The molecule has 0 N–H and O–H groups in total. The van der Waals surface area contributed by atoms with Crippen LogP contribution in [0.15, 0.2) is 48.3 Å². The van der Waals surface area contributed by atoms with E-state index in [1.54, 1.807) is 18.2 Å². The molecule has 12 heteroatoms. The number of halogens is 6. The van der Waals surface area contributed by atoms with Crippen molar-refractivity contribution >= 4 is 23.1 Å². The number of fused-ring (bicyclic) bond motifs is 1. The van der Waals surface area contributed by atoms with Gasteiger partial charge in [-0.05, 0) is 60.7 Å². The number of aromatic nitrogens is 2. The Balaban J connectivity index is 1.66. The standard InChI is InChI=1S/C26H21F6N3O3/c27-25(28,29)20-8-17(9-21(11-20)26(30,31)32)13-35-14-19(22-2-1-5-34-23(22)35)10-18(12-33)24(36)38-15-16-3-6-37-7-4-16/h1-2,5,8-11,14,16H,3-4,6-7,13,15H2/b18-10+. The number of pyridine rings is 1. The summed E-state index contributed by atoms with van der Waals surface area (Å²) in [5, 5.41) is 9.99. The lowest BCUT2D eigenvalue weighted by atomic mass is 10.0. The molecule has 0 amide bonds. The van der Waals surface area contributed by atoms with Crippen LogP contribution in [0.4, 0.5) is 26.3 Å². The summed E-state index contributed by atoms with van der Waals surface area (Å²) in [5.41, 5.74) is -2.83. The van der Waals surface area contributed by atoms with Crippen LogP contribution in [-0.2, 0) is 33.2 Å². The Hall–Kier alpha value is -3.85. The molecule has 0 unspecified atom stereocenters. The van der Waals surface area contributed by atoms with E-state index in [2.05, 4.69) is 4.98 Å². The van der Waals surface area contributed by atoms with Crippen molar-refractivity contribution in [2.24, 2.45) is 5.92 Å². The molecule has 0 atom stereocenters. The van der Waals surface area contributed by atoms with E-state index in [1.807, 2.05) is 0 Å². The van der Waals surface area contributed by atoms with Crippen LogP contribution in [0.1, 0.15) is 35.1 Å². The van der Waals surface area contributed by atoms with Gasteiger partial charge >= 0.3 is 18.3 Å². The highest BCUT2D eigenvalue weighted by Gasteiger charge is 2.37. The number of hydrogen-bond acceptors (Lipinski definition) is 5. The molecule has 200 valence electrons. The molecule has 0 aliphatic carbocycles. The molecule has 1 aliphatic heterocycles. The molecule has 1 aromatic carbocycles. The molecule has 2 aromatic heterocycles. The van der Waals surface area contributed by atoms with Crippen LogP contribution in [0.3, 0.4) is 0 Å². The topological polar surface area (TPSA) is 77.1 Å². The lowest BCUT2D eigenvalue weighted by Crippen LogP contribution is -2.22. The SMILES string of the molecule is N#C/C(=C\c1cn(Cc2cc(C(F)(F)F)cc(C(F)(F)F)c2)c2ncccc12)C(=O)OCC1CCOCC1. The highest BCUT2D eigenvalue weighted by atomic mass is 19.4. The molecule has 4 rings (SSSR count). The van der Waals surface area contributed by atoms with Crippen molar-refractivity contribution in [2.45, 2.75) is 31.7 Å². The lowest BCUT2D eigenvalue weighted by molar-refractivity contribution is -0.143. The molecule has 0 saturated carbocycles. The smallest absolute Gasteiger partial charge is 0.416 e. The van der Waals surface area contributed by atoms with E-state index < -0.39 is 29.4 Å². The Bertz CT molecular complexity index is 1360. The van der Waals surface area contributed by atoms with E-state index in [-0.39, 0.29) is 41.9 Å². The fourth-order valence-electron chi connectivity index (χ4n) is 4.17. The van der Waals surface area contributed by atoms with E-state index in [0.29, 0.717) is 36.3 Å². The summed E-state index contributed by atoms with van der Waals surface area (Å²) in [7, 11) is 0. The molecule has 38 heavy (non-hydrogen) atoms. The van der Waals surface area contributed by atoms with Crippen molar-refractivity contribution in [3.8, 4) is 6.07 Å². The number of esters is 1. The number of carbonyl (C=O) groups excluding carboxylic acids is 1. The van der Waals surface area contributed by atoms with Gasteiger partial charge < -0.3 is 14.0 Å². The second-order valence-electron chi connectivity index (χ2n) is 8.83. The van der Waals surface area contributed by atoms with Crippen molar-refractivity contribution in [2.75, 3.05) is 19.8 Å². The second-order valence-corrected chi connectivity index (χ2v) is 8.83. The van der Waals surface area contributed by atoms with E-state index in [4.69, 9.17) is 9.47 Å². The number of carbonyl (C=O) groups is 1. The first kappa shape index (κ1) is 27.2. The summed E-state index contributed by atoms with van der Waals surface area (Å²) in [6.45, 7) is 0.879. The fraction of sp³-hybridized carbons (Fsp3) is 0.346. The molecule has 1 fully saturated rings. The van der Waals surface area contributed by atoms with Crippen molar-refractivity contribution in [3.05, 3.63) is 70.6 Å². The molecular weight excluding hydrogens is 516 g/mol. The van der Waals surface area contributed by atoms with Crippen LogP contribution in [0.5, 0.6) is 0 Å². The number of ether oxygens (including phenoxy) is 2. The Morgan fingerprint density at radius 2 is 1.79 bits per heavy atom. The zero-order valence-corrected chi connectivity index (χ0v) is 19.8. The molecule has 3 heterocycles. The molecule has 6 nitrogen and oxygen atoms in total. The average molecular weight is 537 g/mol. The highest BCUT2D eigenvalue weighted by Crippen LogP contribution is 2.37. The van der Waals surface area contributed by atoms with Gasteiger partial charge in [-0.15, -0.1) is 0 Å². The summed E-state index contributed by atoms with van der Waals surface area (Å²) >= 11 is 0. The quantitative estimate of drug-likeness (QED) is 0.167.